The zero-order valence-corrected chi connectivity index (χ0v) is 12.4. The largest absolute Gasteiger partial charge is 0.478 e. The molecule has 1 amide bonds. The number of rotatable bonds is 3. The minimum absolute atomic E-state index is 0.0548. The number of hydrogen-bond donors (Lipinski definition) is 2. The number of aromatic carboxylic acids is 1. The molecule has 0 heterocycles. The average Bonchev–Trinajstić information content (AvgIpc) is 2.40. The fraction of sp³-hybridized carbons (Fsp3) is 0. The Morgan fingerprint density at radius 2 is 1.90 bits per heavy atom. The van der Waals surface area contributed by atoms with Gasteiger partial charge < -0.3 is 10.4 Å². The van der Waals surface area contributed by atoms with Crippen molar-refractivity contribution in [3.05, 3.63) is 63.1 Å². The highest BCUT2D eigenvalue weighted by Gasteiger charge is 2.14. The van der Waals surface area contributed by atoms with Gasteiger partial charge in [0.15, 0.2) is 0 Å². The zero-order chi connectivity index (χ0) is 14.7. The van der Waals surface area contributed by atoms with Crippen LogP contribution < -0.4 is 5.32 Å². The van der Waals surface area contributed by atoms with Crippen molar-refractivity contribution in [2.24, 2.45) is 0 Å². The van der Waals surface area contributed by atoms with Crippen LogP contribution in [0.1, 0.15) is 20.7 Å². The Bertz CT molecular complexity index is 688. The van der Waals surface area contributed by atoms with Crippen molar-refractivity contribution >= 4 is 45.1 Å². The van der Waals surface area contributed by atoms with E-state index in [9.17, 15) is 9.59 Å². The highest BCUT2D eigenvalue weighted by atomic mass is 79.9. The van der Waals surface area contributed by atoms with Crippen LogP contribution in [-0.2, 0) is 0 Å². The molecule has 0 bridgehead atoms. The number of amides is 1. The molecule has 0 spiro atoms. The van der Waals surface area contributed by atoms with Crippen molar-refractivity contribution in [3.8, 4) is 0 Å². The molecule has 2 aromatic rings. The van der Waals surface area contributed by atoms with Crippen LogP contribution in [-0.4, -0.2) is 17.0 Å². The molecule has 0 radical (unpaired) electrons. The number of halogens is 2. The summed E-state index contributed by atoms with van der Waals surface area (Å²) >= 11 is 9.02. The second-order valence-electron chi connectivity index (χ2n) is 3.96. The molecule has 0 aromatic heterocycles. The van der Waals surface area contributed by atoms with Crippen molar-refractivity contribution in [3.63, 3.8) is 0 Å². The third-order valence-corrected chi connectivity index (χ3v) is 3.28. The highest BCUT2D eigenvalue weighted by molar-refractivity contribution is 9.10. The predicted molar refractivity (Wildman–Crippen MR) is 80.5 cm³/mol. The summed E-state index contributed by atoms with van der Waals surface area (Å²) in [6.07, 6.45) is 0. The smallest absolute Gasteiger partial charge is 0.337 e. The van der Waals surface area contributed by atoms with Gasteiger partial charge in [0.05, 0.1) is 11.3 Å². The lowest BCUT2D eigenvalue weighted by atomic mass is 10.1. The molecule has 0 saturated heterocycles. The van der Waals surface area contributed by atoms with Crippen LogP contribution in [0.5, 0.6) is 0 Å². The molecule has 6 heteroatoms. The van der Waals surface area contributed by atoms with E-state index in [1.54, 1.807) is 24.3 Å². The first-order valence-electron chi connectivity index (χ1n) is 5.57. The van der Waals surface area contributed by atoms with E-state index in [1.807, 2.05) is 0 Å². The number of benzene rings is 2. The first-order chi connectivity index (χ1) is 9.47. The van der Waals surface area contributed by atoms with Crippen molar-refractivity contribution in [2.45, 2.75) is 0 Å². The predicted octanol–water partition coefficient (Wildman–Crippen LogP) is 4.05. The molecule has 2 aromatic carbocycles. The van der Waals surface area contributed by atoms with E-state index >= 15 is 0 Å². The van der Waals surface area contributed by atoms with Gasteiger partial charge >= 0.3 is 5.97 Å². The van der Waals surface area contributed by atoms with Crippen molar-refractivity contribution in [1.82, 2.24) is 0 Å². The molecular formula is C14H9BrClNO3. The van der Waals surface area contributed by atoms with E-state index < -0.39 is 11.9 Å². The quantitative estimate of drug-likeness (QED) is 0.874. The van der Waals surface area contributed by atoms with Gasteiger partial charge in [0.2, 0.25) is 0 Å². The third-order valence-electron chi connectivity index (χ3n) is 2.55. The van der Waals surface area contributed by atoms with Crippen LogP contribution in [0.2, 0.25) is 5.02 Å². The van der Waals surface area contributed by atoms with Crippen molar-refractivity contribution < 1.29 is 14.7 Å². The summed E-state index contributed by atoms with van der Waals surface area (Å²) in [4.78, 5) is 23.2. The highest BCUT2D eigenvalue weighted by Crippen LogP contribution is 2.22. The molecule has 0 aliphatic carbocycles. The third kappa shape index (κ3) is 3.37. The molecule has 0 aliphatic heterocycles. The van der Waals surface area contributed by atoms with E-state index in [0.717, 1.165) is 4.47 Å². The Balaban J connectivity index is 2.30. The minimum Gasteiger partial charge on any atom is -0.478 e. The van der Waals surface area contributed by atoms with Crippen LogP contribution in [0.25, 0.3) is 0 Å². The summed E-state index contributed by atoms with van der Waals surface area (Å²) in [7, 11) is 0. The van der Waals surface area contributed by atoms with Gasteiger partial charge in [0, 0.05) is 15.1 Å². The fourth-order valence-electron chi connectivity index (χ4n) is 1.63. The van der Waals surface area contributed by atoms with Gasteiger partial charge in [-0.05, 0) is 36.4 Å². The molecule has 4 nitrogen and oxygen atoms in total. The van der Waals surface area contributed by atoms with E-state index in [4.69, 9.17) is 16.7 Å². The maximum absolute atomic E-state index is 12.1. The minimum atomic E-state index is -1.16. The number of anilines is 1. The zero-order valence-electron chi connectivity index (χ0n) is 10.1. The van der Waals surface area contributed by atoms with E-state index in [0.29, 0.717) is 10.6 Å². The topological polar surface area (TPSA) is 66.4 Å². The number of nitrogens with one attached hydrogen (secondary N) is 1. The van der Waals surface area contributed by atoms with Gasteiger partial charge in [-0.3, -0.25) is 4.79 Å². The van der Waals surface area contributed by atoms with E-state index in [2.05, 4.69) is 21.2 Å². The van der Waals surface area contributed by atoms with Crippen molar-refractivity contribution in [2.75, 3.05) is 5.32 Å². The lowest BCUT2D eigenvalue weighted by Gasteiger charge is -2.09. The van der Waals surface area contributed by atoms with Gasteiger partial charge in [0.1, 0.15) is 0 Å². The Morgan fingerprint density at radius 3 is 2.55 bits per heavy atom. The van der Waals surface area contributed by atoms with Crippen LogP contribution >= 0.6 is 27.5 Å². The number of carboxylic acid groups (broad SMARTS) is 1. The first kappa shape index (κ1) is 14.6. The lowest BCUT2D eigenvalue weighted by Crippen LogP contribution is -2.14. The summed E-state index contributed by atoms with van der Waals surface area (Å²) in [5, 5.41) is 12.0. The van der Waals surface area contributed by atoms with Gasteiger partial charge in [-0.15, -0.1) is 0 Å². The SMILES string of the molecule is O=C(Nc1ccc(Cl)cc1C(=O)O)c1cccc(Br)c1. The average molecular weight is 355 g/mol. The second kappa shape index (κ2) is 6.07. The Kier molecular flexibility index (Phi) is 4.42. The second-order valence-corrected chi connectivity index (χ2v) is 5.31. The monoisotopic (exact) mass is 353 g/mol. The summed E-state index contributed by atoms with van der Waals surface area (Å²) in [5.41, 5.74) is 0.568. The molecule has 102 valence electrons. The van der Waals surface area contributed by atoms with Crippen LogP contribution in [0, 0.1) is 0 Å². The Labute approximate surface area is 128 Å². The normalized spacial score (nSPS) is 10.1. The van der Waals surface area contributed by atoms with Gasteiger partial charge in [-0.2, -0.15) is 0 Å². The Hall–Kier alpha value is -1.85. The van der Waals surface area contributed by atoms with Crippen LogP contribution in [0.15, 0.2) is 46.9 Å². The number of carboxylic acids is 1. The summed E-state index contributed by atoms with van der Waals surface area (Å²) < 4.78 is 0.764. The fourth-order valence-corrected chi connectivity index (χ4v) is 2.20. The summed E-state index contributed by atoms with van der Waals surface area (Å²) in [6.45, 7) is 0. The first-order valence-corrected chi connectivity index (χ1v) is 6.74. The van der Waals surface area contributed by atoms with Crippen LogP contribution in [0.3, 0.4) is 0 Å². The Morgan fingerprint density at radius 1 is 1.15 bits per heavy atom. The lowest BCUT2D eigenvalue weighted by molar-refractivity contribution is 0.0698. The molecule has 20 heavy (non-hydrogen) atoms. The van der Waals surface area contributed by atoms with E-state index in [-0.39, 0.29) is 11.3 Å². The van der Waals surface area contributed by atoms with Crippen LogP contribution in [0.4, 0.5) is 5.69 Å². The number of hydrogen-bond acceptors (Lipinski definition) is 2. The van der Waals surface area contributed by atoms with Gasteiger partial charge in [0.25, 0.3) is 5.91 Å². The number of carbonyl (C=O) groups excluding carboxylic acids is 1. The molecule has 0 fully saturated rings. The summed E-state index contributed by atoms with van der Waals surface area (Å²) in [6, 6.07) is 11.1. The molecule has 2 rings (SSSR count). The van der Waals surface area contributed by atoms with Gasteiger partial charge in [-0.25, -0.2) is 4.79 Å². The molecule has 0 atom stereocenters. The summed E-state index contributed by atoms with van der Waals surface area (Å²) in [5.74, 6) is -1.55. The number of carbonyl (C=O) groups is 2. The molecule has 0 saturated carbocycles. The van der Waals surface area contributed by atoms with E-state index in [1.165, 1.54) is 18.2 Å². The maximum atomic E-state index is 12.1. The molecule has 0 aliphatic rings. The molecular weight excluding hydrogens is 346 g/mol. The molecule has 0 unspecified atom stereocenters. The van der Waals surface area contributed by atoms with Gasteiger partial charge in [-0.1, -0.05) is 33.6 Å². The van der Waals surface area contributed by atoms with Crippen molar-refractivity contribution in [1.29, 1.82) is 0 Å². The maximum Gasteiger partial charge on any atom is 0.337 e. The molecule has 2 N–H and O–H groups in total. The standard InChI is InChI=1S/C14H9BrClNO3/c15-9-3-1-2-8(6-9)13(18)17-12-5-4-10(16)7-11(12)14(19)20/h1-7H,(H,17,18)(H,19,20).